The lowest BCUT2D eigenvalue weighted by Crippen LogP contribution is -2.31. The number of aryl methyl sites for hydroxylation is 1. The first-order valence-electron chi connectivity index (χ1n) is 8.77. The molecule has 0 saturated carbocycles. The molecule has 0 spiro atoms. The maximum atomic E-state index is 12.6. The van der Waals surface area contributed by atoms with Gasteiger partial charge in [-0.2, -0.15) is 0 Å². The number of benzene rings is 1. The number of halogens is 1. The quantitative estimate of drug-likeness (QED) is 0.428. The first-order valence-corrected chi connectivity index (χ1v) is 11.0. The number of sulfonamides is 1. The van der Waals surface area contributed by atoms with Crippen molar-refractivity contribution in [2.45, 2.75) is 26.2 Å². The largest absolute Gasteiger partial charge is 0.477 e. The molecule has 0 bridgehead atoms. The van der Waals surface area contributed by atoms with Gasteiger partial charge in [-0.1, -0.05) is 11.6 Å². The minimum Gasteiger partial charge on any atom is -0.477 e. The number of unbranched alkanes of at least 4 members (excludes halogenated alkanes) is 1. The highest BCUT2D eigenvalue weighted by Gasteiger charge is 2.26. The van der Waals surface area contributed by atoms with E-state index in [4.69, 9.17) is 21.1 Å². The first-order chi connectivity index (χ1) is 13.6. The van der Waals surface area contributed by atoms with E-state index in [1.165, 1.54) is 25.6 Å². The average Bonchev–Trinajstić information content (AvgIpc) is 2.67. The fraction of sp³-hybridized carbons (Fsp3) is 0.500. The smallest absolute Gasteiger partial charge is 0.305 e. The highest BCUT2D eigenvalue weighted by Crippen LogP contribution is 2.39. The summed E-state index contributed by atoms with van der Waals surface area (Å²) in [6.45, 7) is 1.87. The van der Waals surface area contributed by atoms with Gasteiger partial charge in [0.05, 0.1) is 43.8 Å². The summed E-state index contributed by atoms with van der Waals surface area (Å²) in [5.74, 6) is -0.0605. The van der Waals surface area contributed by atoms with Crippen molar-refractivity contribution in [2.75, 3.05) is 38.4 Å². The standard InChI is InChI=1S/C18H24ClN3O6S/c1-11-10-12-15(21-18(28-4)17(20-12)27-3)16(14(11)19)22(29(5,24)25)9-7-6-8-13(23)26-2/h10H,6-9H2,1-5H3. The zero-order valence-corrected chi connectivity index (χ0v) is 18.6. The molecule has 11 heteroatoms. The van der Waals surface area contributed by atoms with Gasteiger partial charge in [-0.15, -0.1) is 0 Å². The summed E-state index contributed by atoms with van der Waals surface area (Å²) in [6.07, 6.45) is 2.17. The number of anilines is 1. The molecular formula is C18H24ClN3O6S. The van der Waals surface area contributed by atoms with E-state index in [1.807, 2.05) is 0 Å². The summed E-state index contributed by atoms with van der Waals surface area (Å²) >= 11 is 6.51. The molecule has 0 radical (unpaired) electrons. The van der Waals surface area contributed by atoms with Gasteiger partial charge in [0.2, 0.25) is 10.0 Å². The van der Waals surface area contributed by atoms with Crippen LogP contribution in [0.15, 0.2) is 6.07 Å². The summed E-state index contributed by atoms with van der Waals surface area (Å²) in [5.41, 5.74) is 1.55. The van der Waals surface area contributed by atoms with Crippen molar-refractivity contribution in [3.63, 3.8) is 0 Å². The van der Waals surface area contributed by atoms with E-state index in [0.717, 1.165) is 6.26 Å². The fourth-order valence-corrected chi connectivity index (χ4v) is 4.08. The minimum atomic E-state index is -3.70. The van der Waals surface area contributed by atoms with Gasteiger partial charge < -0.3 is 14.2 Å². The molecule has 0 saturated heterocycles. The lowest BCUT2D eigenvalue weighted by atomic mass is 10.1. The van der Waals surface area contributed by atoms with E-state index in [-0.39, 0.29) is 46.9 Å². The van der Waals surface area contributed by atoms with Crippen LogP contribution in [0.25, 0.3) is 11.0 Å². The Morgan fingerprint density at radius 1 is 1.14 bits per heavy atom. The van der Waals surface area contributed by atoms with E-state index in [0.29, 0.717) is 23.9 Å². The van der Waals surface area contributed by atoms with Crippen molar-refractivity contribution in [1.29, 1.82) is 0 Å². The highest BCUT2D eigenvalue weighted by molar-refractivity contribution is 7.92. The van der Waals surface area contributed by atoms with Crippen LogP contribution in [0, 0.1) is 6.92 Å². The summed E-state index contributed by atoms with van der Waals surface area (Å²) < 4.78 is 41.3. The monoisotopic (exact) mass is 445 g/mol. The molecule has 1 aromatic carbocycles. The van der Waals surface area contributed by atoms with Crippen LogP contribution in [-0.2, 0) is 19.6 Å². The molecule has 0 aliphatic rings. The molecule has 0 N–H and O–H groups in total. The molecule has 160 valence electrons. The first kappa shape index (κ1) is 23.0. The number of methoxy groups -OCH3 is 3. The van der Waals surface area contributed by atoms with Gasteiger partial charge in [0, 0.05) is 13.0 Å². The molecule has 1 aromatic heterocycles. The van der Waals surface area contributed by atoms with E-state index in [9.17, 15) is 13.2 Å². The Morgan fingerprint density at radius 2 is 1.76 bits per heavy atom. The molecule has 0 fully saturated rings. The maximum absolute atomic E-state index is 12.6. The second kappa shape index (κ2) is 9.45. The number of nitrogens with zero attached hydrogens (tertiary/aromatic N) is 3. The molecule has 0 aliphatic heterocycles. The fourth-order valence-electron chi connectivity index (χ4n) is 2.81. The van der Waals surface area contributed by atoms with Crippen LogP contribution < -0.4 is 13.8 Å². The Labute approximate surface area is 175 Å². The predicted molar refractivity (Wildman–Crippen MR) is 110 cm³/mol. The summed E-state index contributed by atoms with van der Waals surface area (Å²) in [7, 11) is 0.461. The number of rotatable bonds is 9. The molecule has 0 amide bonds. The molecular weight excluding hydrogens is 422 g/mol. The Hall–Kier alpha value is -2.33. The van der Waals surface area contributed by atoms with Crippen LogP contribution >= 0.6 is 11.6 Å². The zero-order chi connectivity index (χ0) is 21.8. The lowest BCUT2D eigenvalue weighted by Gasteiger charge is -2.25. The number of esters is 1. The Bertz CT molecular complexity index is 1010. The second-order valence-electron chi connectivity index (χ2n) is 6.33. The van der Waals surface area contributed by atoms with Gasteiger partial charge in [0.25, 0.3) is 11.8 Å². The maximum Gasteiger partial charge on any atom is 0.305 e. The van der Waals surface area contributed by atoms with Crippen LogP contribution in [0.3, 0.4) is 0 Å². The topological polar surface area (TPSA) is 108 Å². The molecule has 29 heavy (non-hydrogen) atoms. The van der Waals surface area contributed by atoms with Crippen molar-refractivity contribution in [3.05, 3.63) is 16.7 Å². The highest BCUT2D eigenvalue weighted by atomic mass is 35.5. The Balaban J connectivity index is 2.58. The average molecular weight is 446 g/mol. The van der Waals surface area contributed by atoms with Crippen molar-refractivity contribution >= 4 is 44.3 Å². The molecule has 2 rings (SSSR count). The van der Waals surface area contributed by atoms with Crippen molar-refractivity contribution in [1.82, 2.24) is 9.97 Å². The number of aromatic nitrogens is 2. The normalized spacial score (nSPS) is 11.4. The van der Waals surface area contributed by atoms with E-state index < -0.39 is 10.0 Å². The molecule has 0 unspecified atom stereocenters. The van der Waals surface area contributed by atoms with Crippen LogP contribution in [0.5, 0.6) is 11.8 Å². The number of ether oxygens (including phenoxy) is 3. The van der Waals surface area contributed by atoms with Crippen molar-refractivity contribution < 1.29 is 27.4 Å². The third-order valence-corrected chi connectivity index (χ3v) is 5.89. The van der Waals surface area contributed by atoms with Gasteiger partial charge >= 0.3 is 5.97 Å². The molecule has 0 aliphatic carbocycles. The number of carbonyl (C=O) groups is 1. The van der Waals surface area contributed by atoms with Crippen molar-refractivity contribution in [3.8, 4) is 11.8 Å². The Morgan fingerprint density at radius 3 is 2.31 bits per heavy atom. The number of hydrogen-bond acceptors (Lipinski definition) is 8. The third-order valence-electron chi connectivity index (χ3n) is 4.25. The van der Waals surface area contributed by atoms with Gasteiger partial charge in [-0.05, 0) is 31.4 Å². The second-order valence-corrected chi connectivity index (χ2v) is 8.62. The van der Waals surface area contributed by atoms with E-state index >= 15 is 0 Å². The summed E-state index contributed by atoms with van der Waals surface area (Å²) in [5, 5.41) is 0.248. The minimum absolute atomic E-state index is 0.111. The Kier molecular flexibility index (Phi) is 7.48. The summed E-state index contributed by atoms with van der Waals surface area (Å²) in [6, 6.07) is 1.70. The summed E-state index contributed by atoms with van der Waals surface area (Å²) in [4.78, 5) is 20.1. The number of carbonyl (C=O) groups excluding carboxylic acids is 1. The van der Waals surface area contributed by atoms with Gasteiger partial charge in [-0.25, -0.2) is 18.4 Å². The van der Waals surface area contributed by atoms with Gasteiger partial charge in [0.1, 0.15) is 5.52 Å². The van der Waals surface area contributed by atoms with E-state index in [1.54, 1.807) is 13.0 Å². The molecule has 0 atom stereocenters. The number of fused-ring (bicyclic) bond motifs is 1. The van der Waals surface area contributed by atoms with Gasteiger partial charge in [0.15, 0.2) is 0 Å². The zero-order valence-electron chi connectivity index (χ0n) is 17.0. The van der Waals surface area contributed by atoms with Crippen LogP contribution in [0.4, 0.5) is 5.69 Å². The van der Waals surface area contributed by atoms with Crippen molar-refractivity contribution in [2.24, 2.45) is 0 Å². The molecule has 1 heterocycles. The van der Waals surface area contributed by atoms with Crippen LogP contribution in [0.1, 0.15) is 24.8 Å². The third kappa shape index (κ3) is 5.18. The van der Waals surface area contributed by atoms with E-state index in [2.05, 4.69) is 14.7 Å². The number of hydrogen-bond donors (Lipinski definition) is 0. The SMILES string of the molecule is COC(=O)CCCCN(c1c(Cl)c(C)cc2nc(OC)c(OC)nc12)S(C)(=O)=O. The van der Waals surface area contributed by atoms with Crippen LogP contribution in [-0.4, -0.2) is 58.5 Å². The molecule has 9 nitrogen and oxygen atoms in total. The molecule has 2 aromatic rings. The predicted octanol–water partition coefficient (Wildman–Crippen LogP) is 2.72. The lowest BCUT2D eigenvalue weighted by molar-refractivity contribution is -0.140. The van der Waals surface area contributed by atoms with Gasteiger partial charge in [-0.3, -0.25) is 9.10 Å². The van der Waals surface area contributed by atoms with Crippen LogP contribution in [0.2, 0.25) is 5.02 Å².